The lowest BCUT2D eigenvalue weighted by Crippen LogP contribution is -1.92. The lowest BCUT2D eigenvalue weighted by molar-refractivity contribution is 0.189. The first kappa shape index (κ1) is 9.25. The average molecular weight is 239 g/mol. The molecule has 0 bridgehead atoms. The summed E-state index contributed by atoms with van der Waals surface area (Å²) in [7, 11) is 0. The Morgan fingerprint density at radius 1 is 1.50 bits per heavy atom. The number of hydrogen-bond donors (Lipinski definition) is 1. The van der Waals surface area contributed by atoms with Crippen LogP contribution in [0.15, 0.2) is 16.6 Å². The van der Waals surface area contributed by atoms with Gasteiger partial charge in [0.05, 0.1) is 0 Å². The Labute approximate surface area is 75.9 Å². The normalized spacial score (nSPS) is 9.92. The number of halogens is 3. The van der Waals surface area contributed by atoms with Crippen LogP contribution in [0.3, 0.4) is 0 Å². The van der Waals surface area contributed by atoms with Gasteiger partial charge in [0, 0.05) is 12.1 Å². The summed E-state index contributed by atoms with van der Waals surface area (Å²) in [5, 5.41) is 9.02. The number of hydrogen-bond acceptors (Lipinski definition) is 2. The number of alkyl halides is 1. The molecule has 0 aliphatic rings. The van der Waals surface area contributed by atoms with Crippen molar-refractivity contribution in [1.82, 2.24) is 0 Å². The Kier molecular flexibility index (Phi) is 2.86. The molecule has 1 rings (SSSR count). The molecule has 0 saturated carbocycles. The second-order valence-electron chi connectivity index (χ2n) is 1.99. The van der Waals surface area contributed by atoms with Gasteiger partial charge in [0.2, 0.25) is 6.86 Å². The quantitative estimate of drug-likeness (QED) is 0.859. The van der Waals surface area contributed by atoms with E-state index in [2.05, 4.69) is 20.7 Å². The highest BCUT2D eigenvalue weighted by Gasteiger charge is 2.08. The maximum Gasteiger partial charge on any atom is 0.228 e. The van der Waals surface area contributed by atoms with E-state index in [-0.39, 0.29) is 16.0 Å². The Hall–Kier alpha value is -0.840. The zero-order chi connectivity index (χ0) is 9.14. The second kappa shape index (κ2) is 3.71. The van der Waals surface area contributed by atoms with E-state index in [1.165, 1.54) is 0 Å². The molecule has 1 N–H and O–H groups in total. The van der Waals surface area contributed by atoms with Gasteiger partial charge in [-0.2, -0.15) is 0 Å². The lowest BCUT2D eigenvalue weighted by atomic mass is 10.3. The van der Waals surface area contributed by atoms with Crippen molar-refractivity contribution in [2.45, 2.75) is 0 Å². The van der Waals surface area contributed by atoms with Crippen LogP contribution in [0.1, 0.15) is 0 Å². The Balaban J connectivity index is 3.09. The number of benzene rings is 1. The first-order valence-corrected chi connectivity index (χ1v) is 3.81. The molecule has 1 aromatic carbocycles. The minimum Gasteiger partial charge on any atom is -0.507 e. The van der Waals surface area contributed by atoms with Crippen molar-refractivity contribution in [3.05, 3.63) is 22.4 Å². The maximum absolute atomic E-state index is 12.5. The molecule has 0 amide bonds. The summed E-state index contributed by atoms with van der Waals surface area (Å²) in [4.78, 5) is 0. The van der Waals surface area contributed by atoms with Crippen LogP contribution >= 0.6 is 15.9 Å². The summed E-state index contributed by atoms with van der Waals surface area (Å²) in [5.74, 6) is -1.06. The summed E-state index contributed by atoms with van der Waals surface area (Å²) in [6, 6.07) is 1.87. The molecule has 0 aliphatic heterocycles. The number of aromatic hydroxyl groups is 1. The van der Waals surface area contributed by atoms with Gasteiger partial charge < -0.3 is 9.84 Å². The minimum absolute atomic E-state index is 0.0602. The number of ether oxygens (including phenoxy) is 1. The van der Waals surface area contributed by atoms with Gasteiger partial charge in [-0.1, -0.05) is 0 Å². The van der Waals surface area contributed by atoms with Gasteiger partial charge in [-0.25, -0.2) is 8.78 Å². The van der Waals surface area contributed by atoms with Crippen LogP contribution in [0.4, 0.5) is 8.78 Å². The summed E-state index contributed by atoms with van der Waals surface area (Å²) in [5.41, 5.74) is 0. The molecule has 0 aromatic heterocycles. The Morgan fingerprint density at radius 3 is 2.75 bits per heavy atom. The summed E-state index contributed by atoms with van der Waals surface area (Å²) < 4.78 is 28.7. The van der Waals surface area contributed by atoms with Crippen molar-refractivity contribution in [2.24, 2.45) is 0 Å². The van der Waals surface area contributed by atoms with Crippen molar-refractivity contribution in [3.8, 4) is 11.5 Å². The SMILES string of the molecule is Oc1cc(F)cc(OCF)c1Br. The van der Waals surface area contributed by atoms with Crippen molar-refractivity contribution >= 4 is 15.9 Å². The van der Waals surface area contributed by atoms with Crippen LogP contribution in [0.2, 0.25) is 0 Å². The predicted octanol–water partition coefficient (Wildman–Crippen LogP) is 2.60. The fourth-order valence-electron chi connectivity index (χ4n) is 0.714. The van der Waals surface area contributed by atoms with Crippen LogP contribution in [0, 0.1) is 5.82 Å². The molecule has 5 heteroatoms. The topological polar surface area (TPSA) is 29.5 Å². The summed E-state index contributed by atoms with van der Waals surface area (Å²) in [6.45, 7) is -1.07. The van der Waals surface area contributed by atoms with E-state index in [4.69, 9.17) is 5.11 Å². The fourth-order valence-corrected chi connectivity index (χ4v) is 1.06. The van der Waals surface area contributed by atoms with Gasteiger partial charge >= 0.3 is 0 Å². The smallest absolute Gasteiger partial charge is 0.228 e. The minimum atomic E-state index is -1.07. The Bertz CT molecular complexity index is 291. The van der Waals surface area contributed by atoms with Crippen molar-refractivity contribution in [3.63, 3.8) is 0 Å². The van der Waals surface area contributed by atoms with E-state index >= 15 is 0 Å². The predicted molar refractivity (Wildman–Crippen MR) is 42.4 cm³/mol. The molecule has 0 fully saturated rings. The molecule has 0 atom stereocenters. The van der Waals surface area contributed by atoms with Gasteiger partial charge in [0.25, 0.3) is 0 Å². The highest BCUT2D eigenvalue weighted by atomic mass is 79.9. The van der Waals surface area contributed by atoms with Gasteiger partial charge in [0.1, 0.15) is 21.8 Å². The summed E-state index contributed by atoms with van der Waals surface area (Å²) >= 11 is 2.91. The maximum atomic E-state index is 12.5. The van der Waals surface area contributed by atoms with Crippen molar-refractivity contribution in [2.75, 3.05) is 6.86 Å². The molecule has 0 aliphatic carbocycles. The van der Waals surface area contributed by atoms with Crippen LogP contribution in [0.25, 0.3) is 0 Å². The second-order valence-corrected chi connectivity index (χ2v) is 2.78. The number of rotatable bonds is 2. The van der Waals surface area contributed by atoms with E-state index in [9.17, 15) is 8.78 Å². The van der Waals surface area contributed by atoms with Crippen molar-refractivity contribution < 1.29 is 18.6 Å². The van der Waals surface area contributed by atoms with E-state index in [1.54, 1.807) is 0 Å². The molecular formula is C7H5BrF2O2. The monoisotopic (exact) mass is 238 g/mol. The van der Waals surface area contributed by atoms with E-state index in [0.29, 0.717) is 0 Å². The highest BCUT2D eigenvalue weighted by molar-refractivity contribution is 9.10. The standard InChI is InChI=1S/C7H5BrF2O2/c8-7-5(11)1-4(10)2-6(7)12-3-9/h1-2,11H,3H2. The molecule has 12 heavy (non-hydrogen) atoms. The molecule has 0 radical (unpaired) electrons. The van der Waals surface area contributed by atoms with Crippen molar-refractivity contribution in [1.29, 1.82) is 0 Å². The lowest BCUT2D eigenvalue weighted by Gasteiger charge is -2.05. The third kappa shape index (κ3) is 1.85. The molecule has 66 valence electrons. The summed E-state index contributed by atoms with van der Waals surface area (Å²) in [6.07, 6.45) is 0. The zero-order valence-electron chi connectivity index (χ0n) is 5.85. The Morgan fingerprint density at radius 2 is 2.17 bits per heavy atom. The first-order chi connectivity index (χ1) is 5.65. The number of phenols is 1. The first-order valence-electron chi connectivity index (χ1n) is 3.02. The molecule has 2 nitrogen and oxygen atoms in total. The van der Waals surface area contributed by atoms with Gasteiger partial charge in [-0.15, -0.1) is 0 Å². The molecule has 0 heterocycles. The number of phenolic OH excluding ortho intramolecular Hbond substituents is 1. The van der Waals surface area contributed by atoms with E-state index in [0.717, 1.165) is 12.1 Å². The molecule has 0 unspecified atom stereocenters. The van der Waals surface area contributed by atoms with Crippen LogP contribution in [-0.4, -0.2) is 12.0 Å². The third-order valence-electron chi connectivity index (χ3n) is 1.19. The van der Waals surface area contributed by atoms with Crippen LogP contribution < -0.4 is 4.74 Å². The molecule has 1 aromatic rings. The largest absolute Gasteiger partial charge is 0.507 e. The van der Waals surface area contributed by atoms with E-state index < -0.39 is 12.7 Å². The van der Waals surface area contributed by atoms with E-state index in [1.807, 2.05) is 0 Å². The van der Waals surface area contributed by atoms with Gasteiger partial charge in [-0.3, -0.25) is 0 Å². The average Bonchev–Trinajstić information content (AvgIpc) is 2.00. The van der Waals surface area contributed by atoms with Crippen LogP contribution in [-0.2, 0) is 0 Å². The molecule has 0 spiro atoms. The fraction of sp³-hybridized carbons (Fsp3) is 0.143. The van der Waals surface area contributed by atoms with Crippen LogP contribution in [0.5, 0.6) is 11.5 Å². The third-order valence-corrected chi connectivity index (χ3v) is 1.99. The zero-order valence-corrected chi connectivity index (χ0v) is 7.44. The van der Waals surface area contributed by atoms with Gasteiger partial charge in [-0.05, 0) is 15.9 Å². The van der Waals surface area contributed by atoms with Gasteiger partial charge in [0.15, 0.2) is 0 Å². The molecular weight excluding hydrogens is 234 g/mol. The molecule has 0 saturated heterocycles. The highest BCUT2D eigenvalue weighted by Crippen LogP contribution is 2.34.